The fourth-order valence-electron chi connectivity index (χ4n) is 7.02. The van der Waals surface area contributed by atoms with E-state index in [1.54, 1.807) is 6.92 Å². The van der Waals surface area contributed by atoms with Crippen LogP contribution in [0, 0.1) is 35.0 Å². The summed E-state index contributed by atoms with van der Waals surface area (Å²) < 4.78 is 0. The van der Waals surface area contributed by atoms with Crippen molar-refractivity contribution < 1.29 is 9.59 Å². The minimum atomic E-state index is -0.588. The van der Waals surface area contributed by atoms with Crippen LogP contribution in [0.2, 0.25) is 0 Å². The van der Waals surface area contributed by atoms with E-state index < -0.39 is 6.04 Å². The average molecular weight is 435 g/mol. The van der Waals surface area contributed by atoms with Gasteiger partial charge >= 0.3 is 0 Å². The van der Waals surface area contributed by atoms with Crippen molar-refractivity contribution >= 4 is 29.1 Å². The molecule has 6 nitrogen and oxygen atoms in total. The molecule has 5 fully saturated rings. The minimum Gasteiger partial charge on any atom is -0.358 e. The molecule has 4 N–H and O–H groups in total. The van der Waals surface area contributed by atoms with E-state index in [-0.39, 0.29) is 17.2 Å². The largest absolute Gasteiger partial charge is 0.358 e. The number of hydrogen-bond donors (Lipinski definition) is 4. The highest BCUT2D eigenvalue weighted by molar-refractivity contribution is 7.80. The summed E-state index contributed by atoms with van der Waals surface area (Å²) >= 11 is 5.37. The molecule has 0 heterocycles. The van der Waals surface area contributed by atoms with Crippen LogP contribution in [0.4, 0.5) is 0 Å². The summed E-state index contributed by atoms with van der Waals surface area (Å²) in [6.45, 7) is 6.28. The van der Waals surface area contributed by atoms with Crippen molar-refractivity contribution in [3.63, 3.8) is 0 Å². The lowest BCUT2D eigenvalue weighted by Crippen LogP contribution is -2.59. The Morgan fingerprint density at radius 3 is 2.17 bits per heavy atom. The van der Waals surface area contributed by atoms with Crippen LogP contribution in [0.5, 0.6) is 0 Å². The number of thiocarbonyl (C=S) groups is 1. The number of carbonyl (C=O) groups excluding carboxylic acids is 2. The highest BCUT2D eigenvalue weighted by atomic mass is 32.1. The number of rotatable bonds is 4. The molecule has 5 aliphatic rings. The summed E-state index contributed by atoms with van der Waals surface area (Å²) in [6.07, 6.45) is 10.5. The van der Waals surface area contributed by atoms with E-state index in [1.165, 1.54) is 32.1 Å². The molecule has 5 saturated carbocycles. The molecule has 0 radical (unpaired) electrons. The summed E-state index contributed by atoms with van der Waals surface area (Å²) in [4.78, 5) is 25.7. The molecule has 0 unspecified atom stereocenters. The quantitative estimate of drug-likeness (QED) is 0.404. The van der Waals surface area contributed by atoms with Crippen molar-refractivity contribution in [3.8, 4) is 0 Å². The lowest BCUT2D eigenvalue weighted by Gasteiger charge is -2.55. The molecule has 5 aliphatic carbocycles. The fourth-order valence-corrected chi connectivity index (χ4v) is 7.22. The summed E-state index contributed by atoms with van der Waals surface area (Å²) in [6, 6.07) is -0.256. The molecule has 0 aromatic rings. The van der Waals surface area contributed by atoms with E-state index in [2.05, 4.69) is 35.3 Å². The first kappa shape index (κ1) is 21.8. The Hall–Kier alpha value is -1.37. The zero-order chi connectivity index (χ0) is 21.5. The number of amides is 2. The zero-order valence-corrected chi connectivity index (χ0v) is 19.4. The third kappa shape index (κ3) is 4.46. The van der Waals surface area contributed by atoms with Gasteiger partial charge in [-0.05, 0) is 93.7 Å². The second-order valence-electron chi connectivity index (χ2n) is 10.9. The topological polar surface area (TPSA) is 82.3 Å². The van der Waals surface area contributed by atoms with Crippen molar-refractivity contribution in [1.29, 1.82) is 0 Å². The fraction of sp³-hybridized carbons (Fsp3) is 0.870. The second kappa shape index (κ2) is 8.64. The Balaban J connectivity index is 1.23. The number of hydrogen-bond acceptors (Lipinski definition) is 3. The van der Waals surface area contributed by atoms with Crippen LogP contribution in [-0.4, -0.2) is 29.0 Å². The highest BCUT2D eigenvalue weighted by Gasteiger charge is 2.54. The molecule has 0 aliphatic heterocycles. The minimum absolute atomic E-state index is 0.0787. The van der Waals surface area contributed by atoms with Crippen molar-refractivity contribution in [2.45, 2.75) is 90.6 Å². The van der Waals surface area contributed by atoms with Crippen LogP contribution in [0.25, 0.3) is 0 Å². The van der Waals surface area contributed by atoms with Gasteiger partial charge in [0.25, 0.3) is 5.91 Å². The van der Waals surface area contributed by atoms with Crippen LogP contribution < -0.4 is 21.5 Å². The van der Waals surface area contributed by atoms with E-state index in [0.29, 0.717) is 40.7 Å². The third-order valence-corrected chi connectivity index (χ3v) is 8.80. The molecular weight excluding hydrogens is 396 g/mol. The highest BCUT2D eigenvalue weighted by Crippen LogP contribution is 2.60. The van der Waals surface area contributed by atoms with Crippen LogP contribution in [0.3, 0.4) is 0 Å². The first-order valence-corrected chi connectivity index (χ1v) is 12.3. The summed E-state index contributed by atoms with van der Waals surface area (Å²) in [5.74, 6) is 3.17. The molecule has 5 rings (SSSR count). The van der Waals surface area contributed by atoms with Gasteiger partial charge in [0.05, 0.1) is 0 Å². The standard InChI is InChI=1S/C23H38N4O2S/c1-13-5-4-6-19(14(13)2)25-22(30)27-26-20(28)15(3)24-21(29)23-10-16-7-17(11-23)9-18(8-16)12-23/h13-19H,4-12H2,1-3H3,(H,24,29)(H,26,28)(H2,25,27,30)/t13-,14-,15+,16?,17?,18?,19-,23?/m1/s1. The maximum absolute atomic E-state index is 13.1. The normalized spacial score (nSPS) is 40.4. The summed E-state index contributed by atoms with van der Waals surface area (Å²) in [7, 11) is 0. The Morgan fingerprint density at radius 1 is 0.967 bits per heavy atom. The predicted molar refractivity (Wildman–Crippen MR) is 121 cm³/mol. The van der Waals surface area contributed by atoms with E-state index >= 15 is 0 Å². The summed E-state index contributed by atoms with van der Waals surface area (Å²) in [5, 5.41) is 6.78. The molecule has 0 aromatic carbocycles. The van der Waals surface area contributed by atoms with E-state index in [0.717, 1.165) is 25.7 Å². The molecule has 30 heavy (non-hydrogen) atoms. The van der Waals surface area contributed by atoms with Crippen LogP contribution in [-0.2, 0) is 9.59 Å². The van der Waals surface area contributed by atoms with Gasteiger partial charge in [0, 0.05) is 11.5 Å². The Bertz CT molecular complexity index is 661. The van der Waals surface area contributed by atoms with Gasteiger partial charge in [-0.3, -0.25) is 20.4 Å². The number of carbonyl (C=O) groups is 2. The first-order valence-electron chi connectivity index (χ1n) is 11.9. The molecule has 4 atom stereocenters. The van der Waals surface area contributed by atoms with Crippen LogP contribution in [0.15, 0.2) is 0 Å². The van der Waals surface area contributed by atoms with Crippen molar-refractivity contribution in [2.24, 2.45) is 35.0 Å². The summed E-state index contributed by atoms with van der Waals surface area (Å²) in [5.41, 5.74) is 5.26. The molecule has 2 amide bonds. The Kier molecular flexibility index (Phi) is 6.29. The monoisotopic (exact) mass is 434 g/mol. The molecular formula is C23H38N4O2S. The van der Waals surface area contributed by atoms with Crippen LogP contribution >= 0.6 is 12.2 Å². The molecule has 7 heteroatoms. The first-order chi connectivity index (χ1) is 14.3. The van der Waals surface area contributed by atoms with Gasteiger partial charge in [-0.25, -0.2) is 0 Å². The second-order valence-corrected chi connectivity index (χ2v) is 11.3. The number of nitrogens with one attached hydrogen (secondary N) is 4. The van der Waals surface area contributed by atoms with Crippen molar-refractivity contribution in [2.75, 3.05) is 0 Å². The lowest BCUT2D eigenvalue weighted by molar-refractivity contribution is -0.148. The van der Waals surface area contributed by atoms with Gasteiger partial charge in [0.1, 0.15) is 6.04 Å². The van der Waals surface area contributed by atoms with Gasteiger partial charge in [0.2, 0.25) is 5.91 Å². The maximum Gasteiger partial charge on any atom is 0.260 e. The van der Waals surface area contributed by atoms with Gasteiger partial charge in [-0.2, -0.15) is 0 Å². The lowest BCUT2D eigenvalue weighted by atomic mass is 9.49. The van der Waals surface area contributed by atoms with Crippen molar-refractivity contribution in [3.05, 3.63) is 0 Å². The van der Waals surface area contributed by atoms with Crippen LogP contribution in [0.1, 0.15) is 78.6 Å². The smallest absolute Gasteiger partial charge is 0.260 e. The van der Waals surface area contributed by atoms with Gasteiger partial charge in [0.15, 0.2) is 5.11 Å². The average Bonchev–Trinajstić information content (AvgIpc) is 2.68. The molecule has 0 aromatic heterocycles. The van der Waals surface area contributed by atoms with Gasteiger partial charge in [-0.1, -0.05) is 26.7 Å². The molecule has 0 spiro atoms. The van der Waals surface area contributed by atoms with Gasteiger partial charge in [-0.15, -0.1) is 0 Å². The SMILES string of the molecule is C[C@@H]1[C@H](C)CCC[C@H]1NC(=S)NNC(=O)[C@H](C)NC(=O)C12CC3CC(CC(C3)C1)C2. The predicted octanol–water partition coefficient (Wildman–Crippen LogP) is 3.03. The molecule has 168 valence electrons. The van der Waals surface area contributed by atoms with E-state index in [9.17, 15) is 9.59 Å². The van der Waals surface area contributed by atoms with E-state index in [4.69, 9.17) is 12.2 Å². The number of hydrazine groups is 1. The Labute approximate surface area is 186 Å². The molecule has 4 bridgehead atoms. The Morgan fingerprint density at radius 2 is 1.57 bits per heavy atom. The third-order valence-electron chi connectivity index (χ3n) is 8.58. The van der Waals surface area contributed by atoms with Crippen molar-refractivity contribution in [1.82, 2.24) is 21.5 Å². The maximum atomic E-state index is 13.1. The molecule has 0 saturated heterocycles. The zero-order valence-electron chi connectivity index (χ0n) is 18.6. The van der Waals surface area contributed by atoms with Gasteiger partial charge < -0.3 is 10.6 Å². The van der Waals surface area contributed by atoms with E-state index in [1.807, 2.05) is 0 Å².